The molecule has 10 heavy (non-hydrogen) atoms. The van der Waals surface area contributed by atoms with Gasteiger partial charge in [0, 0.05) is 19.0 Å². The largest absolute Gasteiger partial charge is 0.315 e. The van der Waals surface area contributed by atoms with E-state index in [2.05, 4.69) is 16.1 Å². The second-order valence-electron chi connectivity index (χ2n) is 2.66. The van der Waals surface area contributed by atoms with Crippen LogP contribution in [-0.2, 0) is 0 Å². The molecule has 0 aliphatic carbocycles. The molecule has 1 unspecified atom stereocenters. The monoisotopic (exact) mass is 140 g/mol. The van der Waals surface area contributed by atoms with E-state index in [-0.39, 0.29) is 0 Å². The van der Waals surface area contributed by atoms with E-state index >= 15 is 0 Å². The Hall–Kier alpha value is -0.520. The average molecular weight is 140 g/mol. The van der Waals surface area contributed by atoms with Crippen LogP contribution < -0.4 is 5.32 Å². The second kappa shape index (κ2) is 5.28. The van der Waals surface area contributed by atoms with Gasteiger partial charge in [0.1, 0.15) is 0 Å². The number of hydrogen-bond acceptors (Lipinski definition) is 2. The highest BCUT2D eigenvalue weighted by Crippen LogP contribution is 1.90. The Morgan fingerprint density at radius 1 is 1.60 bits per heavy atom. The van der Waals surface area contributed by atoms with E-state index in [0.29, 0.717) is 6.04 Å². The minimum absolute atomic E-state index is 0.431. The zero-order chi connectivity index (χ0) is 7.98. The van der Waals surface area contributed by atoms with Crippen molar-refractivity contribution in [2.45, 2.75) is 12.5 Å². The van der Waals surface area contributed by atoms with Gasteiger partial charge in [0.25, 0.3) is 0 Å². The van der Waals surface area contributed by atoms with Crippen LogP contribution in [0.3, 0.4) is 0 Å². The third-order valence-corrected chi connectivity index (χ3v) is 1.36. The Labute approximate surface area is 63.6 Å². The van der Waals surface area contributed by atoms with E-state index in [9.17, 15) is 0 Å². The van der Waals surface area contributed by atoms with E-state index in [1.807, 2.05) is 21.1 Å². The lowest BCUT2D eigenvalue weighted by Crippen LogP contribution is -2.35. The van der Waals surface area contributed by atoms with Gasteiger partial charge in [-0.1, -0.05) is 0 Å². The molecule has 0 saturated heterocycles. The van der Waals surface area contributed by atoms with Gasteiger partial charge in [-0.2, -0.15) is 0 Å². The molecule has 0 saturated carbocycles. The predicted molar refractivity (Wildman–Crippen MR) is 44.9 cm³/mol. The lowest BCUT2D eigenvalue weighted by atomic mass is 10.2. The van der Waals surface area contributed by atoms with Gasteiger partial charge in [-0.15, -0.1) is 12.3 Å². The summed E-state index contributed by atoms with van der Waals surface area (Å²) in [6, 6.07) is 0.431. The topological polar surface area (TPSA) is 15.3 Å². The van der Waals surface area contributed by atoms with E-state index < -0.39 is 0 Å². The minimum atomic E-state index is 0.431. The van der Waals surface area contributed by atoms with Crippen LogP contribution in [-0.4, -0.2) is 38.6 Å². The summed E-state index contributed by atoms with van der Waals surface area (Å²) in [4.78, 5) is 2.12. The second-order valence-corrected chi connectivity index (χ2v) is 2.66. The maximum absolute atomic E-state index is 5.17. The van der Waals surface area contributed by atoms with Gasteiger partial charge in [-0.25, -0.2) is 0 Å². The van der Waals surface area contributed by atoms with Crippen molar-refractivity contribution in [1.82, 2.24) is 10.2 Å². The van der Waals surface area contributed by atoms with Crippen molar-refractivity contribution in [1.29, 1.82) is 0 Å². The molecule has 1 atom stereocenters. The molecule has 0 fully saturated rings. The van der Waals surface area contributed by atoms with E-state index in [1.165, 1.54) is 0 Å². The van der Waals surface area contributed by atoms with Crippen molar-refractivity contribution in [3.05, 3.63) is 0 Å². The molecule has 0 bridgehead atoms. The highest BCUT2D eigenvalue weighted by molar-refractivity contribution is 4.89. The van der Waals surface area contributed by atoms with E-state index in [4.69, 9.17) is 6.42 Å². The van der Waals surface area contributed by atoms with Crippen LogP contribution in [0.4, 0.5) is 0 Å². The maximum atomic E-state index is 5.17. The van der Waals surface area contributed by atoms with E-state index in [1.54, 1.807) is 0 Å². The van der Waals surface area contributed by atoms with Gasteiger partial charge in [-0.3, -0.25) is 0 Å². The van der Waals surface area contributed by atoms with Crippen LogP contribution in [0.5, 0.6) is 0 Å². The third kappa shape index (κ3) is 4.37. The number of likely N-dealkylation sites (N-methyl/N-ethyl adjacent to an activating group) is 2. The molecule has 0 aromatic heterocycles. The molecule has 0 spiro atoms. The predicted octanol–water partition coefficient (Wildman–Crippen LogP) is 0.159. The maximum Gasteiger partial charge on any atom is 0.0301 e. The summed E-state index contributed by atoms with van der Waals surface area (Å²) in [6.07, 6.45) is 5.97. The van der Waals surface area contributed by atoms with Crippen LogP contribution in [0, 0.1) is 12.3 Å². The van der Waals surface area contributed by atoms with Crippen molar-refractivity contribution >= 4 is 0 Å². The highest BCUT2D eigenvalue weighted by atomic mass is 15.1. The Balaban J connectivity index is 3.52. The lowest BCUT2D eigenvalue weighted by molar-refractivity contribution is 0.351. The standard InChI is InChI=1S/C8H16N2/c1-5-6-8(9-2)7-10(3)4/h1,8-9H,6-7H2,2-4H3. The fourth-order valence-corrected chi connectivity index (χ4v) is 0.841. The molecule has 0 rings (SSSR count). The number of terminal acetylenes is 1. The zero-order valence-electron chi connectivity index (χ0n) is 7.02. The fourth-order valence-electron chi connectivity index (χ4n) is 0.841. The van der Waals surface area contributed by atoms with Gasteiger partial charge < -0.3 is 10.2 Å². The van der Waals surface area contributed by atoms with Gasteiger partial charge in [-0.05, 0) is 21.1 Å². The first-order chi connectivity index (χ1) is 4.70. The first-order valence-electron chi connectivity index (χ1n) is 3.46. The fraction of sp³-hybridized carbons (Fsp3) is 0.750. The molecule has 0 aromatic carbocycles. The third-order valence-electron chi connectivity index (χ3n) is 1.36. The first kappa shape index (κ1) is 9.48. The molecule has 0 radical (unpaired) electrons. The molecule has 0 aliphatic heterocycles. The van der Waals surface area contributed by atoms with Crippen LogP contribution >= 0.6 is 0 Å². The molecule has 2 nitrogen and oxygen atoms in total. The molecule has 0 amide bonds. The van der Waals surface area contributed by atoms with Crippen molar-refractivity contribution < 1.29 is 0 Å². The number of nitrogens with zero attached hydrogens (tertiary/aromatic N) is 1. The average Bonchev–Trinajstić information content (AvgIpc) is 1.86. The minimum Gasteiger partial charge on any atom is -0.315 e. The van der Waals surface area contributed by atoms with Crippen molar-refractivity contribution in [2.75, 3.05) is 27.7 Å². The van der Waals surface area contributed by atoms with Crippen LogP contribution in [0.15, 0.2) is 0 Å². The normalized spacial score (nSPS) is 13.1. The SMILES string of the molecule is C#CCC(CN(C)C)NC. The summed E-state index contributed by atoms with van der Waals surface area (Å²) in [5.74, 6) is 2.63. The van der Waals surface area contributed by atoms with Crippen LogP contribution in [0.25, 0.3) is 0 Å². The molecule has 2 heteroatoms. The van der Waals surface area contributed by atoms with Crippen LogP contribution in [0.1, 0.15) is 6.42 Å². The Morgan fingerprint density at radius 3 is 2.50 bits per heavy atom. The molecular formula is C8H16N2. The summed E-state index contributed by atoms with van der Waals surface area (Å²) in [5.41, 5.74) is 0. The van der Waals surface area contributed by atoms with Crippen molar-refractivity contribution in [3.63, 3.8) is 0 Å². The molecule has 1 N–H and O–H groups in total. The van der Waals surface area contributed by atoms with Crippen molar-refractivity contribution in [3.8, 4) is 12.3 Å². The summed E-state index contributed by atoms with van der Waals surface area (Å²) in [5, 5.41) is 3.15. The first-order valence-corrected chi connectivity index (χ1v) is 3.46. The van der Waals surface area contributed by atoms with E-state index in [0.717, 1.165) is 13.0 Å². The molecule has 0 heterocycles. The van der Waals surface area contributed by atoms with Gasteiger partial charge in [0.15, 0.2) is 0 Å². The highest BCUT2D eigenvalue weighted by Gasteiger charge is 2.03. The van der Waals surface area contributed by atoms with Crippen molar-refractivity contribution in [2.24, 2.45) is 0 Å². The Bertz CT molecular complexity index is 113. The molecule has 0 aromatic rings. The zero-order valence-corrected chi connectivity index (χ0v) is 7.02. The summed E-state index contributed by atoms with van der Waals surface area (Å²) < 4.78 is 0. The summed E-state index contributed by atoms with van der Waals surface area (Å²) in [6.45, 7) is 1.00. The summed E-state index contributed by atoms with van der Waals surface area (Å²) in [7, 11) is 6.02. The van der Waals surface area contributed by atoms with Gasteiger partial charge >= 0.3 is 0 Å². The number of rotatable bonds is 4. The Morgan fingerprint density at radius 2 is 2.20 bits per heavy atom. The Kier molecular flexibility index (Phi) is 5.00. The number of hydrogen-bond donors (Lipinski definition) is 1. The quantitative estimate of drug-likeness (QED) is 0.560. The molecule has 58 valence electrons. The molecular weight excluding hydrogens is 124 g/mol. The summed E-state index contributed by atoms with van der Waals surface area (Å²) >= 11 is 0. The lowest BCUT2D eigenvalue weighted by Gasteiger charge is -2.17. The van der Waals surface area contributed by atoms with Crippen LogP contribution in [0.2, 0.25) is 0 Å². The molecule has 0 aliphatic rings. The van der Waals surface area contributed by atoms with Gasteiger partial charge in [0.05, 0.1) is 0 Å². The van der Waals surface area contributed by atoms with Gasteiger partial charge in [0.2, 0.25) is 0 Å². The number of nitrogens with one attached hydrogen (secondary N) is 1. The smallest absolute Gasteiger partial charge is 0.0301 e.